The van der Waals surface area contributed by atoms with Crippen LogP contribution in [0.2, 0.25) is 5.02 Å². The normalized spacial score (nSPS) is 19.9. The van der Waals surface area contributed by atoms with Crippen molar-refractivity contribution in [3.8, 4) is 0 Å². The number of imidazole rings is 1. The molecule has 3 aromatic rings. The van der Waals surface area contributed by atoms with E-state index in [1.165, 1.54) is 22.9 Å². The fourth-order valence-electron chi connectivity index (χ4n) is 3.66. The Morgan fingerprint density at radius 1 is 1.17 bits per heavy atom. The first kappa shape index (κ1) is 20.8. The van der Waals surface area contributed by atoms with E-state index in [4.69, 9.17) is 11.6 Å². The van der Waals surface area contributed by atoms with E-state index < -0.39 is 21.7 Å². The van der Waals surface area contributed by atoms with Crippen LogP contribution >= 0.6 is 11.6 Å². The van der Waals surface area contributed by atoms with Gasteiger partial charge in [0.1, 0.15) is 0 Å². The number of nitrogens with one attached hydrogen (secondary N) is 1. The van der Waals surface area contributed by atoms with Gasteiger partial charge in [0.2, 0.25) is 0 Å². The maximum Gasteiger partial charge on any atom is 0.262 e. The smallest absolute Gasteiger partial charge is 0.262 e. The number of halogens is 3. The van der Waals surface area contributed by atoms with E-state index in [9.17, 15) is 17.2 Å². The van der Waals surface area contributed by atoms with Crippen molar-refractivity contribution in [3.05, 3.63) is 77.2 Å². The first-order valence-corrected chi connectivity index (χ1v) is 11.0. The van der Waals surface area contributed by atoms with Crippen molar-refractivity contribution in [2.45, 2.75) is 17.0 Å². The molecular weight excluding hydrogens is 434 g/mol. The number of hydrogen-bond donors (Lipinski definition) is 1. The molecule has 1 aliphatic rings. The van der Waals surface area contributed by atoms with Crippen LogP contribution in [0, 0.1) is 11.6 Å². The number of rotatable bonds is 5. The Bertz CT molecular complexity index is 1150. The van der Waals surface area contributed by atoms with Crippen molar-refractivity contribution in [3.63, 3.8) is 0 Å². The third kappa shape index (κ3) is 3.92. The first-order valence-electron chi connectivity index (χ1n) is 9.20. The summed E-state index contributed by atoms with van der Waals surface area (Å²) in [5, 5.41) is 2.76. The van der Waals surface area contributed by atoms with Gasteiger partial charge in [-0.2, -0.15) is 4.31 Å². The maximum absolute atomic E-state index is 13.8. The molecule has 2 heterocycles. The zero-order chi connectivity index (χ0) is 21.5. The number of nitrogens with zero attached hydrogens (tertiary/aromatic N) is 3. The van der Waals surface area contributed by atoms with E-state index >= 15 is 0 Å². The van der Waals surface area contributed by atoms with E-state index in [0.717, 1.165) is 11.6 Å². The Kier molecular flexibility index (Phi) is 5.52. The molecule has 0 aliphatic carbocycles. The van der Waals surface area contributed by atoms with E-state index in [0.29, 0.717) is 0 Å². The molecule has 6 nitrogen and oxygen atoms in total. The Morgan fingerprint density at radius 2 is 1.90 bits per heavy atom. The molecular formula is C20H19ClF2N4O2S. The standard InChI is InChI=1S/C20H19ClF2N4O2S/c1-26-11-19(24-12-26)30(28,29)27-9-15(13-5-3-2-4-6-13)18(10-27)25-14-7-16(21)20(23)17(22)8-14/h2-8,11-12,15,18,25H,9-10H2,1H3/t15-,18+/m0/s1. The van der Waals surface area contributed by atoms with Crippen molar-refractivity contribution < 1.29 is 17.2 Å². The molecule has 1 N–H and O–H groups in total. The lowest BCUT2D eigenvalue weighted by molar-refractivity contribution is 0.468. The molecule has 4 rings (SSSR count). The minimum Gasteiger partial charge on any atom is -0.380 e. The number of aryl methyl sites for hydroxylation is 1. The number of aromatic nitrogens is 2. The summed E-state index contributed by atoms with van der Waals surface area (Å²) in [6.45, 7) is 0.354. The summed E-state index contributed by atoms with van der Waals surface area (Å²) in [7, 11) is -2.11. The van der Waals surface area contributed by atoms with Crippen LogP contribution in [-0.2, 0) is 17.1 Å². The second-order valence-corrected chi connectivity index (χ2v) is 9.51. The zero-order valence-electron chi connectivity index (χ0n) is 16.0. The van der Waals surface area contributed by atoms with Gasteiger partial charge in [-0.15, -0.1) is 0 Å². The highest BCUT2D eigenvalue weighted by Gasteiger charge is 2.41. The van der Waals surface area contributed by atoms with Crippen molar-refractivity contribution in [1.29, 1.82) is 0 Å². The summed E-state index contributed by atoms with van der Waals surface area (Å²) in [6.07, 6.45) is 2.87. The predicted molar refractivity (Wildman–Crippen MR) is 110 cm³/mol. The van der Waals surface area contributed by atoms with Crippen LogP contribution in [0.4, 0.5) is 14.5 Å². The Hall–Kier alpha value is -2.49. The summed E-state index contributed by atoms with van der Waals surface area (Å²) in [5.74, 6) is -2.40. The highest BCUT2D eigenvalue weighted by Crippen LogP contribution is 2.34. The average Bonchev–Trinajstić information content (AvgIpc) is 3.34. The van der Waals surface area contributed by atoms with Gasteiger partial charge in [0.05, 0.1) is 11.3 Å². The third-order valence-corrected chi connectivity index (χ3v) is 7.13. The van der Waals surface area contributed by atoms with Crippen LogP contribution in [0.5, 0.6) is 0 Å². The maximum atomic E-state index is 13.8. The molecule has 0 bridgehead atoms. The Morgan fingerprint density at radius 3 is 2.53 bits per heavy atom. The van der Waals surface area contributed by atoms with Gasteiger partial charge in [0.15, 0.2) is 16.7 Å². The molecule has 30 heavy (non-hydrogen) atoms. The third-order valence-electron chi connectivity index (χ3n) is 5.14. The van der Waals surface area contributed by atoms with E-state index in [1.807, 2.05) is 30.3 Å². The molecule has 2 atom stereocenters. The van der Waals surface area contributed by atoms with Gasteiger partial charge in [0.25, 0.3) is 10.0 Å². The fourth-order valence-corrected chi connectivity index (χ4v) is 5.32. The van der Waals surface area contributed by atoms with Crippen LogP contribution in [-0.4, -0.2) is 41.4 Å². The van der Waals surface area contributed by atoms with Crippen LogP contribution in [0.1, 0.15) is 11.5 Å². The monoisotopic (exact) mass is 452 g/mol. The molecule has 0 spiro atoms. The van der Waals surface area contributed by atoms with Gasteiger partial charge in [0, 0.05) is 50.0 Å². The molecule has 158 valence electrons. The Balaban J connectivity index is 1.67. The molecule has 1 saturated heterocycles. The molecule has 2 aromatic carbocycles. The molecule has 0 saturated carbocycles. The molecule has 10 heteroatoms. The molecule has 1 aliphatic heterocycles. The SMILES string of the molecule is Cn1cnc(S(=O)(=O)N2C[C@@H](Nc3cc(F)c(F)c(Cl)c3)[C@H](c3ccccc3)C2)c1. The van der Waals surface area contributed by atoms with E-state index in [1.54, 1.807) is 11.6 Å². The van der Waals surface area contributed by atoms with Crippen LogP contribution in [0.15, 0.2) is 60.0 Å². The van der Waals surface area contributed by atoms with Gasteiger partial charge >= 0.3 is 0 Å². The highest BCUT2D eigenvalue weighted by atomic mass is 35.5. The van der Waals surface area contributed by atoms with Crippen molar-refractivity contribution in [2.24, 2.45) is 7.05 Å². The average molecular weight is 453 g/mol. The molecule has 0 unspecified atom stereocenters. The number of hydrogen-bond acceptors (Lipinski definition) is 4. The summed E-state index contributed by atoms with van der Waals surface area (Å²) >= 11 is 5.77. The number of benzene rings is 2. The van der Waals surface area contributed by atoms with Crippen LogP contribution in [0.3, 0.4) is 0 Å². The predicted octanol–water partition coefficient (Wildman–Crippen LogP) is 3.62. The molecule has 0 amide bonds. The lowest BCUT2D eigenvalue weighted by Gasteiger charge is -2.21. The largest absolute Gasteiger partial charge is 0.380 e. The van der Waals surface area contributed by atoms with Crippen molar-refractivity contribution >= 4 is 27.3 Å². The summed E-state index contributed by atoms with van der Waals surface area (Å²) in [4.78, 5) is 3.98. The molecule has 1 aromatic heterocycles. The van der Waals surface area contributed by atoms with Gasteiger partial charge in [-0.05, 0) is 11.6 Å². The second kappa shape index (κ2) is 7.98. The zero-order valence-corrected chi connectivity index (χ0v) is 17.5. The first-order chi connectivity index (χ1) is 14.3. The molecule has 0 radical (unpaired) electrons. The van der Waals surface area contributed by atoms with Gasteiger partial charge in [-0.25, -0.2) is 22.2 Å². The van der Waals surface area contributed by atoms with Crippen molar-refractivity contribution in [2.75, 3.05) is 18.4 Å². The van der Waals surface area contributed by atoms with E-state index in [-0.39, 0.29) is 40.8 Å². The summed E-state index contributed by atoms with van der Waals surface area (Å²) in [6, 6.07) is 11.4. The van der Waals surface area contributed by atoms with Gasteiger partial charge in [-0.3, -0.25) is 0 Å². The minimum atomic E-state index is -3.81. The second-order valence-electron chi connectivity index (χ2n) is 7.22. The highest BCUT2D eigenvalue weighted by molar-refractivity contribution is 7.89. The van der Waals surface area contributed by atoms with Crippen LogP contribution in [0.25, 0.3) is 0 Å². The fraction of sp³-hybridized carbons (Fsp3) is 0.250. The number of sulfonamides is 1. The number of anilines is 1. The summed E-state index contributed by atoms with van der Waals surface area (Å²) < 4.78 is 56.4. The van der Waals surface area contributed by atoms with Gasteiger partial charge < -0.3 is 9.88 Å². The van der Waals surface area contributed by atoms with Crippen LogP contribution < -0.4 is 5.32 Å². The Labute approximate surface area is 178 Å². The summed E-state index contributed by atoms with van der Waals surface area (Å²) in [5.41, 5.74) is 1.21. The minimum absolute atomic E-state index is 0.0340. The lowest BCUT2D eigenvalue weighted by Crippen LogP contribution is -2.32. The van der Waals surface area contributed by atoms with Gasteiger partial charge in [-0.1, -0.05) is 41.9 Å². The quantitative estimate of drug-likeness (QED) is 0.600. The van der Waals surface area contributed by atoms with Crippen molar-refractivity contribution in [1.82, 2.24) is 13.9 Å². The topological polar surface area (TPSA) is 67.2 Å². The lowest BCUT2D eigenvalue weighted by atomic mass is 9.94. The molecule has 1 fully saturated rings. The van der Waals surface area contributed by atoms with E-state index in [2.05, 4.69) is 10.3 Å².